The maximum atomic E-state index is 12.8. The number of anilines is 1. The number of halogens is 2. The van der Waals surface area contributed by atoms with Gasteiger partial charge in [-0.15, -0.1) is 0 Å². The lowest BCUT2D eigenvalue weighted by Gasteiger charge is -2.01. The van der Waals surface area contributed by atoms with Gasteiger partial charge in [0, 0.05) is 0 Å². The molecule has 0 fully saturated rings. The lowest BCUT2D eigenvalue weighted by Crippen LogP contribution is -2.16. The highest BCUT2D eigenvalue weighted by molar-refractivity contribution is 5.94. The Balaban J connectivity index is 3.43. The summed E-state index contributed by atoms with van der Waals surface area (Å²) in [6.07, 6.45) is 0. The number of carbonyl (C=O) groups is 1. The Morgan fingerprint density at radius 1 is 1.33 bits per heavy atom. The van der Waals surface area contributed by atoms with E-state index in [-0.39, 0.29) is 5.69 Å². The summed E-state index contributed by atoms with van der Waals surface area (Å²) < 4.78 is 25.5. The molecule has 0 aliphatic rings. The van der Waals surface area contributed by atoms with Crippen molar-refractivity contribution in [3.63, 3.8) is 0 Å². The average Bonchev–Trinajstić information content (AvgIpc) is 1.97. The van der Waals surface area contributed by atoms with Gasteiger partial charge in [0.05, 0.1) is 5.69 Å². The molecule has 5 heteroatoms. The zero-order chi connectivity index (χ0) is 9.30. The molecule has 12 heavy (non-hydrogen) atoms. The first-order chi connectivity index (χ1) is 5.54. The van der Waals surface area contributed by atoms with Gasteiger partial charge in [-0.1, -0.05) is 0 Å². The molecule has 3 nitrogen and oxygen atoms in total. The molecule has 1 aromatic carbocycles. The van der Waals surface area contributed by atoms with E-state index in [1.807, 2.05) is 0 Å². The first-order valence-electron chi connectivity index (χ1n) is 3.07. The van der Waals surface area contributed by atoms with E-state index in [2.05, 4.69) is 0 Å². The molecule has 0 spiro atoms. The number of primary amides is 1. The zero-order valence-electron chi connectivity index (χ0n) is 5.97. The third kappa shape index (κ3) is 1.20. The third-order valence-corrected chi connectivity index (χ3v) is 1.37. The minimum absolute atomic E-state index is 0.301. The van der Waals surface area contributed by atoms with E-state index in [0.717, 1.165) is 12.1 Å². The van der Waals surface area contributed by atoms with Gasteiger partial charge in [0.15, 0.2) is 5.82 Å². The minimum Gasteiger partial charge on any atom is -0.396 e. The maximum absolute atomic E-state index is 12.8. The number of nitrogens with two attached hydrogens (primary N) is 2. The molecule has 0 bridgehead atoms. The van der Waals surface area contributed by atoms with Crippen molar-refractivity contribution >= 4 is 11.6 Å². The highest BCUT2D eigenvalue weighted by Gasteiger charge is 2.16. The van der Waals surface area contributed by atoms with Gasteiger partial charge in [-0.25, -0.2) is 8.78 Å². The molecular weight excluding hydrogens is 166 g/mol. The molecule has 0 saturated carbocycles. The van der Waals surface area contributed by atoms with Crippen molar-refractivity contribution in [2.75, 3.05) is 5.73 Å². The lowest BCUT2D eigenvalue weighted by atomic mass is 10.1. The van der Waals surface area contributed by atoms with E-state index in [4.69, 9.17) is 11.5 Å². The van der Waals surface area contributed by atoms with Gasteiger partial charge in [-0.3, -0.25) is 4.79 Å². The number of rotatable bonds is 1. The highest BCUT2D eigenvalue weighted by Crippen LogP contribution is 2.17. The second-order valence-electron chi connectivity index (χ2n) is 2.19. The summed E-state index contributed by atoms with van der Waals surface area (Å²) >= 11 is 0. The van der Waals surface area contributed by atoms with Crippen LogP contribution in [0.3, 0.4) is 0 Å². The molecule has 1 rings (SSSR count). The largest absolute Gasteiger partial charge is 0.396 e. The van der Waals surface area contributed by atoms with Gasteiger partial charge >= 0.3 is 0 Å². The molecule has 0 aliphatic heterocycles. The van der Waals surface area contributed by atoms with Gasteiger partial charge in [0.25, 0.3) is 5.91 Å². The number of hydrogen-bond acceptors (Lipinski definition) is 2. The summed E-state index contributed by atoms with van der Waals surface area (Å²) in [4.78, 5) is 10.5. The summed E-state index contributed by atoms with van der Waals surface area (Å²) in [7, 11) is 0. The molecule has 1 aromatic rings. The number of amides is 1. The molecule has 0 atom stereocenters. The molecule has 0 saturated heterocycles. The SMILES string of the molecule is NC(=O)c1c(F)ccc(N)c1F. The van der Waals surface area contributed by atoms with Crippen LogP contribution >= 0.6 is 0 Å². The Morgan fingerprint density at radius 3 is 2.33 bits per heavy atom. The van der Waals surface area contributed by atoms with Crippen LogP contribution in [0.4, 0.5) is 14.5 Å². The number of carbonyl (C=O) groups excluding carboxylic acids is 1. The van der Waals surface area contributed by atoms with Gasteiger partial charge in [-0.2, -0.15) is 0 Å². The zero-order valence-corrected chi connectivity index (χ0v) is 5.97. The van der Waals surface area contributed by atoms with E-state index < -0.39 is 23.1 Å². The first kappa shape index (κ1) is 8.45. The Kier molecular flexibility index (Phi) is 1.95. The van der Waals surface area contributed by atoms with Crippen molar-refractivity contribution in [3.8, 4) is 0 Å². The summed E-state index contributed by atoms with van der Waals surface area (Å²) in [5.41, 5.74) is 8.69. The Bertz CT molecular complexity index is 338. The lowest BCUT2D eigenvalue weighted by molar-refractivity contribution is 0.0992. The van der Waals surface area contributed by atoms with Crippen LogP contribution in [0.25, 0.3) is 0 Å². The molecule has 0 radical (unpaired) electrons. The van der Waals surface area contributed by atoms with Crippen LogP contribution in [-0.2, 0) is 0 Å². The second-order valence-corrected chi connectivity index (χ2v) is 2.19. The van der Waals surface area contributed by atoms with Crippen LogP contribution in [0, 0.1) is 11.6 Å². The number of benzene rings is 1. The van der Waals surface area contributed by atoms with Crippen LogP contribution in [-0.4, -0.2) is 5.91 Å². The molecule has 0 aliphatic carbocycles. The van der Waals surface area contributed by atoms with Crippen molar-refractivity contribution in [2.45, 2.75) is 0 Å². The average molecular weight is 172 g/mol. The van der Waals surface area contributed by atoms with Crippen molar-refractivity contribution < 1.29 is 13.6 Å². The van der Waals surface area contributed by atoms with Crippen molar-refractivity contribution in [2.24, 2.45) is 5.73 Å². The molecule has 64 valence electrons. The fourth-order valence-corrected chi connectivity index (χ4v) is 0.794. The predicted octanol–water partition coefficient (Wildman–Crippen LogP) is 0.646. The third-order valence-electron chi connectivity index (χ3n) is 1.37. The monoisotopic (exact) mass is 172 g/mol. The number of nitrogen functional groups attached to an aromatic ring is 1. The normalized spacial score (nSPS) is 9.83. The summed E-state index contributed by atoms with van der Waals surface area (Å²) in [6, 6.07) is 1.91. The van der Waals surface area contributed by atoms with E-state index in [1.165, 1.54) is 0 Å². The Morgan fingerprint density at radius 2 is 1.92 bits per heavy atom. The van der Waals surface area contributed by atoms with E-state index in [1.54, 1.807) is 0 Å². The first-order valence-corrected chi connectivity index (χ1v) is 3.07. The van der Waals surface area contributed by atoms with E-state index in [9.17, 15) is 13.6 Å². The minimum atomic E-state index is -1.17. The van der Waals surface area contributed by atoms with Crippen molar-refractivity contribution in [3.05, 3.63) is 29.3 Å². The Hall–Kier alpha value is -1.65. The molecule has 4 N–H and O–H groups in total. The fourth-order valence-electron chi connectivity index (χ4n) is 0.794. The van der Waals surface area contributed by atoms with Crippen LogP contribution in [0.5, 0.6) is 0 Å². The molecule has 0 aromatic heterocycles. The molecule has 0 unspecified atom stereocenters. The smallest absolute Gasteiger partial charge is 0.254 e. The topological polar surface area (TPSA) is 69.1 Å². The summed E-state index contributed by atoms with van der Waals surface area (Å²) in [6.45, 7) is 0. The van der Waals surface area contributed by atoms with Crippen molar-refractivity contribution in [1.29, 1.82) is 0 Å². The van der Waals surface area contributed by atoms with Crippen molar-refractivity contribution in [1.82, 2.24) is 0 Å². The van der Waals surface area contributed by atoms with Crippen LogP contribution < -0.4 is 11.5 Å². The van der Waals surface area contributed by atoms with Gasteiger partial charge in [0.1, 0.15) is 11.4 Å². The summed E-state index contributed by atoms with van der Waals surface area (Å²) in [5, 5.41) is 0. The Labute approximate surface area is 67.0 Å². The summed E-state index contributed by atoms with van der Waals surface area (Å²) in [5.74, 6) is -3.28. The molecule has 1 amide bonds. The van der Waals surface area contributed by atoms with E-state index >= 15 is 0 Å². The predicted molar refractivity (Wildman–Crippen MR) is 39.3 cm³/mol. The van der Waals surface area contributed by atoms with Gasteiger partial charge in [0.2, 0.25) is 0 Å². The molecular formula is C7H6F2N2O. The van der Waals surface area contributed by atoms with Gasteiger partial charge < -0.3 is 11.5 Å². The van der Waals surface area contributed by atoms with Crippen LogP contribution in [0.1, 0.15) is 10.4 Å². The fraction of sp³-hybridized carbons (Fsp3) is 0. The second kappa shape index (κ2) is 2.77. The van der Waals surface area contributed by atoms with E-state index in [0.29, 0.717) is 0 Å². The quantitative estimate of drug-likeness (QED) is 0.610. The standard InChI is InChI=1S/C7H6F2N2O/c8-3-1-2-4(10)6(9)5(3)7(11)12/h1-2H,10H2,(H2,11,12). The number of hydrogen-bond donors (Lipinski definition) is 2. The molecule has 0 heterocycles. The van der Waals surface area contributed by atoms with Crippen LogP contribution in [0.15, 0.2) is 12.1 Å². The highest BCUT2D eigenvalue weighted by atomic mass is 19.1. The maximum Gasteiger partial charge on any atom is 0.254 e. The van der Waals surface area contributed by atoms with Gasteiger partial charge in [-0.05, 0) is 12.1 Å². The van der Waals surface area contributed by atoms with Crippen LogP contribution in [0.2, 0.25) is 0 Å².